The van der Waals surface area contributed by atoms with Gasteiger partial charge in [-0.3, -0.25) is 0 Å². The summed E-state index contributed by atoms with van der Waals surface area (Å²) in [7, 11) is 5.77. The fourth-order valence-electron chi connectivity index (χ4n) is 3.30. The Balaban J connectivity index is 0.00000156. The minimum Gasteiger partial charge on any atom is -0.497 e. The number of benzene rings is 3. The molecule has 0 aliphatic rings. The van der Waals surface area contributed by atoms with E-state index in [2.05, 4.69) is 59.4 Å². The Morgan fingerprint density at radius 2 is 1.70 bits per heavy atom. The second kappa shape index (κ2) is 5.92. The first-order valence-electron chi connectivity index (χ1n) is 7.39. The quantitative estimate of drug-likeness (QED) is 0.456. The number of fused-ring (bicyclic) bond motifs is 5. The van der Waals surface area contributed by atoms with Gasteiger partial charge >= 0.3 is 0 Å². The number of anilines is 1. The second-order valence-electron chi connectivity index (χ2n) is 5.59. The monoisotopic (exact) mass is 418 g/mol. The molecule has 0 saturated carbocycles. The summed E-state index contributed by atoms with van der Waals surface area (Å²) >= 11 is 0. The fraction of sp³-hybridized carbons (Fsp3) is 0.158. The van der Waals surface area contributed by atoms with E-state index < -0.39 is 0 Å². The van der Waals surface area contributed by atoms with Gasteiger partial charge in [-0.1, -0.05) is 12.1 Å². The average molecular weight is 418 g/mol. The molecule has 0 atom stereocenters. The lowest BCUT2D eigenvalue weighted by Gasteiger charge is -2.05. The van der Waals surface area contributed by atoms with Crippen LogP contribution in [0.5, 0.6) is 5.75 Å². The molecule has 0 bridgehead atoms. The zero-order valence-electron chi connectivity index (χ0n) is 13.4. The molecule has 0 fully saturated rings. The molecule has 1 aromatic heterocycles. The summed E-state index contributed by atoms with van der Waals surface area (Å²) in [6.45, 7) is 0. The van der Waals surface area contributed by atoms with Crippen LogP contribution in [0.3, 0.4) is 0 Å². The number of nitrogens with zero attached hydrogens (tertiary/aromatic N) is 1. The summed E-state index contributed by atoms with van der Waals surface area (Å²) in [5, 5.41) is 8.25. The van der Waals surface area contributed by atoms with Crippen molar-refractivity contribution in [3.63, 3.8) is 0 Å². The number of nitrogens with one attached hydrogen (secondary N) is 1. The Kier molecular flexibility index (Phi) is 4.10. The van der Waals surface area contributed by atoms with E-state index in [9.17, 15) is 0 Å². The summed E-state index contributed by atoms with van der Waals surface area (Å²) in [5.41, 5.74) is 3.60. The van der Waals surface area contributed by atoms with Crippen LogP contribution in [0.2, 0.25) is 0 Å². The third kappa shape index (κ3) is 2.32. The highest BCUT2D eigenvalue weighted by atomic mass is 127. The first kappa shape index (κ1) is 15.9. The van der Waals surface area contributed by atoms with Gasteiger partial charge in [-0.15, -0.1) is 24.0 Å². The Hall–Kier alpha value is -1.95. The highest BCUT2D eigenvalue weighted by molar-refractivity contribution is 14.0. The number of methoxy groups -OCH3 is 1. The molecule has 0 aliphatic heterocycles. The zero-order valence-corrected chi connectivity index (χ0v) is 15.7. The molecular formula is C19H19IN2O. The van der Waals surface area contributed by atoms with E-state index in [1.807, 2.05) is 13.1 Å². The molecule has 0 saturated heterocycles. The predicted molar refractivity (Wildman–Crippen MR) is 109 cm³/mol. The van der Waals surface area contributed by atoms with Crippen molar-refractivity contribution in [2.24, 2.45) is 7.05 Å². The van der Waals surface area contributed by atoms with Crippen LogP contribution >= 0.6 is 24.0 Å². The van der Waals surface area contributed by atoms with Crippen molar-refractivity contribution >= 4 is 62.2 Å². The summed E-state index contributed by atoms with van der Waals surface area (Å²) in [4.78, 5) is 0. The minimum atomic E-state index is 0. The largest absolute Gasteiger partial charge is 0.497 e. The number of ether oxygens (including phenoxy) is 1. The molecule has 3 aromatic carbocycles. The van der Waals surface area contributed by atoms with Crippen LogP contribution in [-0.4, -0.2) is 18.7 Å². The SMILES string of the molecule is CNc1ccc2c(ccc3c2c2cc(OC)ccc2n3C)c1.I. The highest BCUT2D eigenvalue weighted by Crippen LogP contribution is 2.36. The summed E-state index contributed by atoms with van der Waals surface area (Å²) in [5.74, 6) is 0.892. The highest BCUT2D eigenvalue weighted by Gasteiger charge is 2.12. The van der Waals surface area contributed by atoms with Crippen LogP contribution in [-0.2, 0) is 7.05 Å². The summed E-state index contributed by atoms with van der Waals surface area (Å²) in [6, 6.07) is 17.2. The lowest BCUT2D eigenvalue weighted by molar-refractivity contribution is 0.415. The van der Waals surface area contributed by atoms with Gasteiger partial charge in [-0.05, 0) is 47.2 Å². The van der Waals surface area contributed by atoms with Crippen molar-refractivity contribution < 1.29 is 4.74 Å². The minimum absolute atomic E-state index is 0. The number of halogens is 1. The molecule has 3 nitrogen and oxygen atoms in total. The van der Waals surface area contributed by atoms with Gasteiger partial charge in [0, 0.05) is 41.6 Å². The van der Waals surface area contributed by atoms with Gasteiger partial charge in [0.2, 0.25) is 0 Å². The van der Waals surface area contributed by atoms with Gasteiger partial charge in [0.15, 0.2) is 0 Å². The van der Waals surface area contributed by atoms with Gasteiger partial charge in [0.05, 0.1) is 7.11 Å². The van der Waals surface area contributed by atoms with Crippen LogP contribution in [0.4, 0.5) is 5.69 Å². The molecule has 1 N–H and O–H groups in total. The standard InChI is InChI=1S/C19H18N2O.HI/c1-20-13-5-7-15-12(10-13)4-8-18-19(15)16-11-14(22-3)6-9-17(16)21(18)2;/h4-11,20H,1-3H3;1H. The zero-order chi connectivity index (χ0) is 15.3. The molecular weight excluding hydrogens is 399 g/mol. The maximum absolute atomic E-state index is 5.41. The Labute approximate surface area is 152 Å². The molecule has 4 aromatic rings. The molecule has 118 valence electrons. The van der Waals surface area contributed by atoms with Crippen molar-refractivity contribution in [3.8, 4) is 5.75 Å². The first-order chi connectivity index (χ1) is 10.7. The first-order valence-corrected chi connectivity index (χ1v) is 7.39. The number of hydrogen-bond donors (Lipinski definition) is 1. The molecule has 0 unspecified atom stereocenters. The molecule has 1 heterocycles. The lowest BCUT2D eigenvalue weighted by Crippen LogP contribution is -1.88. The predicted octanol–water partition coefficient (Wildman–Crippen LogP) is 5.15. The Bertz CT molecular complexity index is 1020. The van der Waals surface area contributed by atoms with E-state index in [4.69, 9.17) is 4.74 Å². The van der Waals surface area contributed by atoms with E-state index in [-0.39, 0.29) is 24.0 Å². The molecule has 0 spiro atoms. The van der Waals surface area contributed by atoms with Crippen LogP contribution in [0.1, 0.15) is 0 Å². The van der Waals surface area contributed by atoms with Gasteiger partial charge in [-0.2, -0.15) is 0 Å². The van der Waals surface area contributed by atoms with Crippen molar-refractivity contribution in [2.45, 2.75) is 0 Å². The van der Waals surface area contributed by atoms with Crippen molar-refractivity contribution in [3.05, 3.63) is 48.5 Å². The third-order valence-electron chi connectivity index (χ3n) is 4.48. The smallest absolute Gasteiger partial charge is 0.119 e. The fourth-order valence-corrected chi connectivity index (χ4v) is 3.30. The Morgan fingerprint density at radius 3 is 2.43 bits per heavy atom. The third-order valence-corrected chi connectivity index (χ3v) is 4.48. The maximum Gasteiger partial charge on any atom is 0.119 e. The molecule has 0 amide bonds. The number of rotatable bonds is 2. The topological polar surface area (TPSA) is 26.2 Å². The maximum atomic E-state index is 5.41. The van der Waals surface area contributed by atoms with Crippen LogP contribution in [0.25, 0.3) is 32.6 Å². The van der Waals surface area contributed by atoms with Gasteiger partial charge < -0.3 is 14.6 Å². The summed E-state index contributed by atoms with van der Waals surface area (Å²) < 4.78 is 7.66. The lowest BCUT2D eigenvalue weighted by atomic mass is 10.0. The molecule has 0 radical (unpaired) electrons. The number of aryl methyl sites for hydroxylation is 1. The van der Waals surface area contributed by atoms with E-state index in [0.29, 0.717) is 0 Å². The molecule has 4 rings (SSSR count). The van der Waals surface area contributed by atoms with E-state index >= 15 is 0 Å². The number of hydrogen-bond acceptors (Lipinski definition) is 2. The Morgan fingerprint density at radius 1 is 0.913 bits per heavy atom. The summed E-state index contributed by atoms with van der Waals surface area (Å²) in [6.07, 6.45) is 0. The molecule has 0 aliphatic carbocycles. The molecule has 23 heavy (non-hydrogen) atoms. The van der Waals surface area contributed by atoms with E-state index in [1.54, 1.807) is 7.11 Å². The van der Waals surface area contributed by atoms with Crippen LogP contribution < -0.4 is 10.1 Å². The van der Waals surface area contributed by atoms with E-state index in [1.165, 1.54) is 32.6 Å². The molecule has 4 heteroatoms. The van der Waals surface area contributed by atoms with Gasteiger partial charge in [0.1, 0.15) is 5.75 Å². The number of aromatic nitrogens is 1. The van der Waals surface area contributed by atoms with Gasteiger partial charge in [0.25, 0.3) is 0 Å². The van der Waals surface area contributed by atoms with Crippen molar-refractivity contribution in [1.29, 1.82) is 0 Å². The average Bonchev–Trinajstić information content (AvgIpc) is 2.86. The van der Waals surface area contributed by atoms with Gasteiger partial charge in [-0.25, -0.2) is 0 Å². The van der Waals surface area contributed by atoms with Crippen LogP contribution in [0.15, 0.2) is 48.5 Å². The second-order valence-corrected chi connectivity index (χ2v) is 5.59. The van der Waals surface area contributed by atoms with E-state index in [0.717, 1.165) is 11.4 Å². The van der Waals surface area contributed by atoms with Crippen molar-refractivity contribution in [2.75, 3.05) is 19.5 Å². The van der Waals surface area contributed by atoms with Crippen molar-refractivity contribution in [1.82, 2.24) is 4.57 Å². The normalized spacial score (nSPS) is 10.9. The van der Waals surface area contributed by atoms with Crippen LogP contribution in [0, 0.1) is 0 Å².